The molecule has 2 aliphatic rings. The van der Waals surface area contributed by atoms with Crippen LogP contribution in [0.4, 0.5) is 0 Å². The molecule has 0 aromatic carbocycles. The smallest absolute Gasteiger partial charge is 0.224 e. The summed E-state index contributed by atoms with van der Waals surface area (Å²) >= 11 is 0. The predicted molar refractivity (Wildman–Crippen MR) is 68.9 cm³/mol. The van der Waals surface area contributed by atoms with Crippen molar-refractivity contribution in [2.75, 3.05) is 0 Å². The van der Waals surface area contributed by atoms with Crippen molar-refractivity contribution >= 4 is 5.78 Å². The highest BCUT2D eigenvalue weighted by Gasteiger charge is 2.49. The number of fused-ring (bicyclic) bond motifs is 1. The fraction of sp³-hybridized carbons (Fsp3) is 0.533. The van der Waals surface area contributed by atoms with Crippen LogP contribution in [0.5, 0.6) is 0 Å². The van der Waals surface area contributed by atoms with E-state index in [4.69, 9.17) is 9.30 Å². The summed E-state index contributed by atoms with van der Waals surface area (Å²) in [5.74, 6) is 0.508. The minimum atomic E-state index is -0.963. The highest BCUT2D eigenvalue weighted by atomic mass is 17.1. The quantitative estimate of drug-likeness (QED) is 0.620. The number of allylic oxidation sites excluding steroid dienone is 1. The normalized spacial score (nSPS) is 30.3. The highest BCUT2D eigenvalue weighted by molar-refractivity contribution is 6.10. The van der Waals surface area contributed by atoms with E-state index in [1.807, 2.05) is 13.8 Å². The first-order valence-electron chi connectivity index (χ1n) is 6.70. The Morgan fingerprint density at radius 2 is 2.26 bits per heavy atom. The van der Waals surface area contributed by atoms with Crippen LogP contribution in [0.15, 0.2) is 21.8 Å². The van der Waals surface area contributed by atoms with Crippen molar-refractivity contribution in [3.8, 4) is 0 Å². The minimum absolute atomic E-state index is 0.0424. The van der Waals surface area contributed by atoms with E-state index in [0.29, 0.717) is 11.3 Å². The standard InChI is InChI=1S/C15H18O4/c1-8-5-4-6-10-11(8)15(3,19-17)12-9(2)7-18-14(12)13(10)16/h7-8,17H,4-6H2,1-3H3/t8-,15+/m0/s1. The van der Waals surface area contributed by atoms with Gasteiger partial charge in [-0.25, -0.2) is 4.89 Å². The molecule has 0 fully saturated rings. The molecule has 0 spiro atoms. The zero-order chi connectivity index (χ0) is 13.8. The Balaban J connectivity index is 2.31. The number of carbonyl (C=O) groups is 1. The van der Waals surface area contributed by atoms with Crippen molar-refractivity contribution in [1.29, 1.82) is 0 Å². The van der Waals surface area contributed by atoms with Crippen LogP contribution in [-0.4, -0.2) is 11.0 Å². The first-order chi connectivity index (χ1) is 9.00. The van der Waals surface area contributed by atoms with Crippen LogP contribution in [0.2, 0.25) is 0 Å². The Morgan fingerprint density at radius 3 is 2.95 bits per heavy atom. The van der Waals surface area contributed by atoms with Gasteiger partial charge >= 0.3 is 0 Å². The Kier molecular flexibility index (Phi) is 2.69. The maximum absolute atomic E-state index is 12.5. The van der Waals surface area contributed by atoms with E-state index >= 15 is 0 Å². The van der Waals surface area contributed by atoms with Crippen LogP contribution in [0.1, 0.15) is 54.8 Å². The molecule has 3 rings (SSSR count). The molecular formula is C15H18O4. The van der Waals surface area contributed by atoms with Gasteiger partial charge in [-0.3, -0.25) is 10.1 Å². The lowest BCUT2D eigenvalue weighted by Crippen LogP contribution is -2.39. The average Bonchev–Trinajstić information content (AvgIpc) is 2.79. The molecule has 102 valence electrons. The van der Waals surface area contributed by atoms with Gasteiger partial charge in [0, 0.05) is 11.1 Å². The van der Waals surface area contributed by atoms with Crippen LogP contribution < -0.4 is 0 Å². The third kappa shape index (κ3) is 1.50. The van der Waals surface area contributed by atoms with E-state index in [1.165, 1.54) is 0 Å². The maximum atomic E-state index is 12.5. The van der Waals surface area contributed by atoms with E-state index in [0.717, 1.165) is 36.0 Å². The Bertz CT molecular complexity index is 581. The molecule has 0 radical (unpaired) electrons. The van der Waals surface area contributed by atoms with Gasteiger partial charge < -0.3 is 4.42 Å². The van der Waals surface area contributed by atoms with Crippen molar-refractivity contribution < 1.29 is 19.4 Å². The third-order valence-corrected chi connectivity index (χ3v) is 4.51. The molecule has 0 bridgehead atoms. The second-order valence-corrected chi connectivity index (χ2v) is 5.76. The lowest BCUT2D eigenvalue weighted by molar-refractivity contribution is -0.313. The molecule has 0 aliphatic heterocycles. The molecule has 4 heteroatoms. The first kappa shape index (κ1) is 12.6. The van der Waals surface area contributed by atoms with E-state index in [-0.39, 0.29) is 11.7 Å². The van der Waals surface area contributed by atoms with Gasteiger partial charge in [-0.15, -0.1) is 0 Å². The monoisotopic (exact) mass is 262 g/mol. The molecule has 1 heterocycles. The van der Waals surface area contributed by atoms with Crippen molar-refractivity contribution in [1.82, 2.24) is 0 Å². The van der Waals surface area contributed by atoms with Crippen LogP contribution in [0.25, 0.3) is 0 Å². The van der Waals surface area contributed by atoms with Gasteiger partial charge in [0.25, 0.3) is 0 Å². The highest BCUT2D eigenvalue weighted by Crippen LogP contribution is 2.50. The molecule has 0 saturated carbocycles. The molecule has 1 N–H and O–H groups in total. The maximum Gasteiger partial charge on any atom is 0.224 e. The minimum Gasteiger partial charge on any atom is -0.460 e. The zero-order valence-electron chi connectivity index (χ0n) is 11.4. The summed E-state index contributed by atoms with van der Waals surface area (Å²) in [7, 11) is 0. The summed E-state index contributed by atoms with van der Waals surface area (Å²) in [4.78, 5) is 17.4. The van der Waals surface area contributed by atoms with Crippen LogP contribution in [0.3, 0.4) is 0 Å². The van der Waals surface area contributed by atoms with Crippen molar-refractivity contribution in [2.24, 2.45) is 5.92 Å². The molecule has 19 heavy (non-hydrogen) atoms. The molecule has 0 amide bonds. The van der Waals surface area contributed by atoms with Crippen molar-refractivity contribution in [3.63, 3.8) is 0 Å². The van der Waals surface area contributed by atoms with Gasteiger partial charge in [0.2, 0.25) is 5.78 Å². The Hall–Kier alpha value is -1.39. The lowest BCUT2D eigenvalue weighted by atomic mass is 9.67. The number of aryl methyl sites for hydroxylation is 1. The van der Waals surface area contributed by atoms with E-state index in [1.54, 1.807) is 6.26 Å². The van der Waals surface area contributed by atoms with Gasteiger partial charge in [0.05, 0.1) is 6.26 Å². The van der Waals surface area contributed by atoms with E-state index in [9.17, 15) is 10.1 Å². The molecule has 0 unspecified atom stereocenters. The van der Waals surface area contributed by atoms with Crippen LogP contribution in [0, 0.1) is 12.8 Å². The number of hydrogen-bond acceptors (Lipinski definition) is 4. The number of ketones is 1. The number of Topliss-reactive ketones (excluding diaryl/α,β-unsaturated/α-hetero) is 1. The molecule has 1 aromatic rings. The van der Waals surface area contributed by atoms with Crippen LogP contribution >= 0.6 is 0 Å². The fourth-order valence-electron chi connectivity index (χ4n) is 3.73. The summed E-state index contributed by atoms with van der Waals surface area (Å²) < 4.78 is 5.41. The van der Waals surface area contributed by atoms with Gasteiger partial charge in [-0.1, -0.05) is 6.92 Å². The lowest BCUT2D eigenvalue weighted by Gasteiger charge is -2.40. The fourth-order valence-corrected chi connectivity index (χ4v) is 3.73. The molecule has 2 aliphatic carbocycles. The van der Waals surface area contributed by atoms with E-state index < -0.39 is 5.60 Å². The second kappa shape index (κ2) is 4.05. The van der Waals surface area contributed by atoms with Crippen LogP contribution in [-0.2, 0) is 10.5 Å². The number of hydrogen-bond donors (Lipinski definition) is 1. The summed E-state index contributed by atoms with van der Waals surface area (Å²) in [6.07, 6.45) is 4.29. The van der Waals surface area contributed by atoms with Gasteiger partial charge in [-0.05, 0) is 50.2 Å². The van der Waals surface area contributed by atoms with E-state index in [2.05, 4.69) is 6.92 Å². The van der Waals surface area contributed by atoms with Gasteiger partial charge in [0.1, 0.15) is 0 Å². The Morgan fingerprint density at radius 1 is 1.53 bits per heavy atom. The number of carbonyl (C=O) groups excluding carboxylic acids is 1. The molecule has 1 aromatic heterocycles. The second-order valence-electron chi connectivity index (χ2n) is 5.76. The largest absolute Gasteiger partial charge is 0.460 e. The molecule has 2 atom stereocenters. The Labute approximate surface area is 112 Å². The van der Waals surface area contributed by atoms with Gasteiger partial charge in [0.15, 0.2) is 11.4 Å². The summed E-state index contributed by atoms with van der Waals surface area (Å²) in [5.41, 5.74) is 2.23. The van der Waals surface area contributed by atoms with Crippen molar-refractivity contribution in [3.05, 3.63) is 34.3 Å². The molecular weight excluding hydrogens is 244 g/mol. The summed E-state index contributed by atoms with van der Waals surface area (Å²) in [6, 6.07) is 0. The predicted octanol–water partition coefficient (Wildman–Crippen LogP) is 3.61. The SMILES string of the molecule is Cc1coc2c1[C@](C)(OO)C1=C(CCC[C@@H]1C)C2=O. The van der Waals surface area contributed by atoms with Crippen molar-refractivity contribution in [2.45, 2.75) is 45.6 Å². The molecule has 0 saturated heterocycles. The topological polar surface area (TPSA) is 59.7 Å². The average molecular weight is 262 g/mol. The summed E-state index contributed by atoms with van der Waals surface area (Å²) in [5, 5.41) is 9.50. The zero-order valence-corrected chi connectivity index (χ0v) is 11.4. The van der Waals surface area contributed by atoms with Gasteiger partial charge in [-0.2, -0.15) is 0 Å². The first-order valence-corrected chi connectivity index (χ1v) is 6.70. The number of furan rings is 1. The number of rotatable bonds is 1. The third-order valence-electron chi connectivity index (χ3n) is 4.51. The molecule has 4 nitrogen and oxygen atoms in total. The summed E-state index contributed by atoms with van der Waals surface area (Å²) in [6.45, 7) is 5.77.